The van der Waals surface area contributed by atoms with E-state index in [0.29, 0.717) is 0 Å². The van der Waals surface area contributed by atoms with Crippen LogP contribution in [0.4, 0.5) is 0 Å². The van der Waals surface area contributed by atoms with Gasteiger partial charge in [-0.1, -0.05) is 13.0 Å². The SMILES string of the molecule is CCNCC1CCCN(Cc2ccc(OC)c(OC)c2)C1. The predicted octanol–water partition coefficient (Wildman–Crippen LogP) is 2.53. The number of rotatable bonds is 7. The van der Waals surface area contributed by atoms with Crippen molar-refractivity contribution in [3.63, 3.8) is 0 Å². The van der Waals surface area contributed by atoms with Crippen molar-refractivity contribution in [1.29, 1.82) is 0 Å². The molecule has 1 aromatic rings. The molecular weight excluding hydrogens is 264 g/mol. The molecule has 4 nitrogen and oxygen atoms in total. The van der Waals surface area contributed by atoms with Gasteiger partial charge in [0.05, 0.1) is 14.2 Å². The Morgan fingerprint density at radius 1 is 1.24 bits per heavy atom. The molecule has 0 bridgehead atoms. The summed E-state index contributed by atoms with van der Waals surface area (Å²) in [7, 11) is 3.36. The van der Waals surface area contributed by atoms with Crippen LogP contribution in [0.15, 0.2) is 18.2 Å². The topological polar surface area (TPSA) is 33.7 Å². The van der Waals surface area contributed by atoms with Crippen LogP contribution in [0, 0.1) is 5.92 Å². The summed E-state index contributed by atoms with van der Waals surface area (Å²) in [6.45, 7) is 7.73. The molecule has 0 amide bonds. The Labute approximate surface area is 128 Å². The number of likely N-dealkylation sites (tertiary alicyclic amines) is 1. The molecule has 0 spiro atoms. The van der Waals surface area contributed by atoms with Gasteiger partial charge in [-0.25, -0.2) is 0 Å². The molecule has 1 N–H and O–H groups in total. The van der Waals surface area contributed by atoms with Crippen molar-refractivity contribution in [3.8, 4) is 11.5 Å². The monoisotopic (exact) mass is 292 g/mol. The lowest BCUT2D eigenvalue weighted by Gasteiger charge is -2.33. The maximum Gasteiger partial charge on any atom is 0.161 e. The molecule has 118 valence electrons. The smallest absolute Gasteiger partial charge is 0.161 e. The van der Waals surface area contributed by atoms with Gasteiger partial charge in [-0.05, 0) is 56.1 Å². The Bertz CT molecular complexity index is 437. The zero-order chi connectivity index (χ0) is 15.1. The first-order chi connectivity index (χ1) is 10.3. The van der Waals surface area contributed by atoms with Crippen LogP contribution >= 0.6 is 0 Å². The molecule has 1 aliphatic heterocycles. The van der Waals surface area contributed by atoms with Gasteiger partial charge in [0, 0.05) is 13.1 Å². The van der Waals surface area contributed by atoms with Gasteiger partial charge in [0.15, 0.2) is 11.5 Å². The lowest BCUT2D eigenvalue weighted by atomic mass is 9.97. The van der Waals surface area contributed by atoms with Gasteiger partial charge in [-0.15, -0.1) is 0 Å². The van der Waals surface area contributed by atoms with Gasteiger partial charge in [0.25, 0.3) is 0 Å². The average Bonchev–Trinajstić information content (AvgIpc) is 2.53. The zero-order valence-electron chi connectivity index (χ0n) is 13.5. The first-order valence-electron chi connectivity index (χ1n) is 7.90. The maximum atomic E-state index is 5.39. The van der Waals surface area contributed by atoms with Crippen LogP contribution in [0.5, 0.6) is 11.5 Å². The molecule has 0 radical (unpaired) electrons. The number of ether oxygens (including phenoxy) is 2. The van der Waals surface area contributed by atoms with Gasteiger partial charge in [0.1, 0.15) is 0 Å². The summed E-state index contributed by atoms with van der Waals surface area (Å²) in [5, 5.41) is 3.47. The molecule has 0 saturated carbocycles. The Kier molecular flexibility index (Phi) is 6.33. The normalized spacial score (nSPS) is 19.5. The number of nitrogens with zero attached hydrogens (tertiary/aromatic N) is 1. The number of nitrogens with one attached hydrogen (secondary N) is 1. The van der Waals surface area contributed by atoms with E-state index in [1.807, 2.05) is 6.07 Å². The first kappa shape index (κ1) is 16.1. The Hall–Kier alpha value is -1.26. The third-order valence-corrected chi connectivity index (χ3v) is 4.14. The lowest BCUT2D eigenvalue weighted by molar-refractivity contribution is 0.165. The van der Waals surface area contributed by atoms with Crippen LogP contribution in [0.2, 0.25) is 0 Å². The van der Waals surface area contributed by atoms with E-state index in [9.17, 15) is 0 Å². The van der Waals surface area contributed by atoms with Crippen LogP contribution in [0.3, 0.4) is 0 Å². The Morgan fingerprint density at radius 2 is 2.05 bits per heavy atom. The number of hydrogen-bond acceptors (Lipinski definition) is 4. The number of benzene rings is 1. The van der Waals surface area contributed by atoms with Crippen LogP contribution in [-0.2, 0) is 6.54 Å². The fraction of sp³-hybridized carbons (Fsp3) is 0.647. The molecule has 21 heavy (non-hydrogen) atoms. The minimum absolute atomic E-state index is 0.777. The summed E-state index contributed by atoms with van der Waals surface area (Å²) in [6.07, 6.45) is 2.64. The van der Waals surface area contributed by atoms with E-state index in [0.717, 1.165) is 37.1 Å². The Balaban J connectivity index is 1.94. The van der Waals surface area contributed by atoms with Crippen molar-refractivity contribution in [1.82, 2.24) is 10.2 Å². The van der Waals surface area contributed by atoms with Gasteiger partial charge >= 0.3 is 0 Å². The second-order valence-electron chi connectivity index (χ2n) is 5.74. The number of piperidine rings is 1. The van der Waals surface area contributed by atoms with Gasteiger partial charge < -0.3 is 14.8 Å². The highest BCUT2D eigenvalue weighted by molar-refractivity contribution is 5.42. The molecule has 1 fully saturated rings. The minimum Gasteiger partial charge on any atom is -0.493 e. The molecule has 0 aromatic heterocycles. The van der Waals surface area contributed by atoms with Crippen molar-refractivity contribution >= 4 is 0 Å². The van der Waals surface area contributed by atoms with Crippen LogP contribution < -0.4 is 14.8 Å². The summed E-state index contributed by atoms with van der Waals surface area (Å²) in [5.74, 6) is 2.39. The van der Waals surface area contributed by atoms with E-state index in [1.165, 1.54) is 31.5 Å². The molecule has 2 rings (SSSR count). The van der Waals surface area contributed by atoms with Gasteiger partial charge in [-0.3, -0.25) is 4.90 Å². The van der Waals surface area contributed by atoms with E-state index >= 15 is 0 Å². The second-order valence-corrected chi connectivity index (χ2v) is 5.74. The highest BCUT2D eigenvalue weighted by atomic mass is 16.5. The molecule has 1 aliphatic rings. The fourth-order valence-electron chi connectivity index (χ4n) is 3.05. The van der Waals surface area contributed by atoms with E-state index in [2.05, 4.69) is 29.3 Å². The van der Waals surface area contributed by atoms with Gasteiger partial charge in [0.2, 0.25) is 0 Å². The molecule has 1 unspecified atom stereocenters. The summed E-state index contributed by atoms with van der Waals surface area (Å²) in [6, 6.07) is 6.22. The van der Waals surface area contributed by atoms with Crippen molar-refractivity contribution in [2.75, 3.05) is 40.4 Å². The van der Waals surface area contributed by atoms with Gasteiger partial charge in [-0.2, -0.15) is 0 Å². The summed E-state index contributed by atoms with van der Waals surface area (Å²) < 4.78 is 10.7. The average molecular weight is 292 g/mol. The van der Waals surface area contributed by atoms with Crippen molar-refractivity contribution in [2.24, 2.45) is 5.92 Å². The Morgan fingerprint density at radius 3 is 2.76 bits per heavy atom. The summed E-state index contributed by atoms with van der Waals surface area (Å²) in [4.78, 5) is 2.55. The van der Waals surface area contributed by atoms with E-state index in [-0.39, 0.29) is 0 Å². The lowest BCUT2D eigenvalue weighted by Crippen LogP contribution is -2.39. The summed E-state index contributed by atoms with van der Waals surface area (Å²) in [5.41, 5.74) is 1.29. The van der Waals surface area contributed by atoms with Crippen LogP contribution in [-0.4, -0.2) is 45.3 Å². The number of methoxy groups -OCH3 is 2. The van der Waals surface area contributed by atoms with Crippen LogP contribution in [0.25, 0.3) is 0 Å². The highest BCUT2D eigenvalue weighted by Gasteiger charge is 2.19. The zero-order valence-corrected chi connectivity index (χ0v) is 13.5. The van der Waals surface area contributed by atoms with Crippen molar-refractivity contribution in [3.05, 3.63) is 23.8 Å². The molecule has 0 aliphatic carbocycles. The second kappa shape index (κ2) is 8.25. The third-order valence-electron chi connectivity index (χ3n) is 4.14. The van der Waals surface area contributed by atoms with E-state index in [4.69, 9.17) is 9.47 Å². The summed E-state index contributed by atoms with van der Waals surface area (Å²) >= 11 is 0. The largest absolute Gasteiger partial charge is 0.493 e. The fourth-order valence-corrected chi connectivity index (χ4v) is 3.05. The molecule has 4 heteroatoms. The van der Waals surface area contributed by atoms with E-state index < -0.39 is 0 Å². The van der Waals surface area contributed by atoms with Crippen molar-refractivity contribution in [2.45, 2.75) is 26.3 Å². The molecular formula is C17H28N2O2. The van der Waals surface area contributed by atoms with Crippen LogP contribution in [0.1, 0.15) is 25.3 Å². The third kappa shape index (κ3) is 4.61. The minimum atomic E-state index is 0.777. The number of hydrogen-bond donors (Lipinski definition) is 1. The first-order valence-corrected chi connectivity index (χ1v) is 7.90. The molecule has 1 atom stereocenters. The maximum absolute atomic E-state index is 5.39. The molecule has 1 heterocycles. The molecule has 1 aromatic carbocycles. The quantitative estimate of drug-likeness (QED) is 0.837. The van der Waals surface area contributed by atoms with Crippen molar-refractivity contribution < 1.29 is 9.47 Å². The standard InChI is InChI=1S/C17H28N2O2/c1-4-18-11-15-6-5-9-19(13-15)12-14-7-8-16(20-2)17(10-14)21-3/h7-8,10,15,18H,4-6,9,11-13H2,1-3H3. The molecule has 1 saturated heterocycles. The van der Waals surface area contributed by atoms with E-state index in [1.54, 1.807) is 14.2 Å². The highest BCUT2D eigenvalue weighted by Crippen LogP contribution is 2.28. The predicted molar refractivity (Wildman–Crippen MR) is 86.1 cm³/mol.